The molecule has 3 heterocycles. The first-order valence-electron chi connectivity index (χ1n) is 9.77. The van der Waals surface area contributed by atoms with Crippen molar-refractivity contribution in [2.24, 2.45) is 0 Å². The van der Waals surface area contributed by atoms with Crippen molar-refractivity contribution in [3.63, 3.8) is 0 Å². The highest BCUT2D eigenvalue weighted by molar-refractivity contribution is 6.31. The van der Waals surface area contributed by atoms with Crippen molar-refractivity contribution >= 4 is 34.2 Å². The molecule has 0 aliphatic carbocycles. The molecule has 32 heavy (non-hydrogen) atoms. The van der Waals surface area contributed by atoms with Crippen molar-refractivity contribution < 1.29 is 9.18 Å². The van der Waals surface area contributed by atoms with Gasteiger partial charge in [-0.1, -0.05) is 17.7 Å². The van der Waals surface area contributed by atoms with E-state index in [-0.39, 0.29) is 5.91 Å². The Morgan fingerprint density at radius 1 is 1.16 bits per heavy atom. The number of aryl methyl sites for hydroxylation is 1. The van der Waals surface area contributed by atoms with Gasteiger partial charge in [0.15, 0.2) is 5.65 Å². The van der Waals surface area contributed by atoms with Gasteiger partial charge in [0, 0.05) is 22.3 Å². The zero-order chi connectivity index (χ0) is 22.2. The summed E-state index contributed by atoms with van der Waals surface area (Å²) in [7, 11) is 0. The maximum Gasteiger partial charge on any atom is 0.252 e. The highest BCUT2D eigenvalue weighted by Crippen LogP contribution is 2.30. The van der Waals surface area contributed by atoms with Crippen molar-refractivity contribution in [2.45, 2.75) is 13.0 Å². The molecule has 0 saturated carbocycles. The lowest BCUT2D eigenvalue weighted by Gasteiger charge is -2.22. The Bertz CT molecular complexity index is 1480. The van der Waals surface area contributed by atoms with Crippen molar-refractivity contribution in [3.05, 3.63) is 100 Å². The number of fused-ring (bicyclic) bond motifs is 3. The number of pyridine rings is 1. The molecule has 158 valence electrons. The second-order valence-electron chi connectivity index (χ2n) is 7.30. The van der Waals surface area contributed by atoms with Crippen LogP contribution in [-0.4, -0.2) is 30.5 Å². The Morgan fingerprint density at radius 2 is 2.03 bits per heavy atom. The predicted molar refractivity (Wildman–Crippen MR) is 118 cm³/mol. The van der Waals surface area contributed by atoms with Gasteiger partial charge in [0.2, 0.25) is 0 Å². The van der Waals surface area contributed by atoms with Gasteiger partial charge in [-0.3, -0.25) is 19.2 Å². The van der Waals surface area contributed by atoms with Gasteiger partial charge in [-0.15, -0.1) is 10.2 Å². The number of carbonyl (C=O) groups excluding carboxylic acids is 1. The van der Waals surface area contributed by atoms with Gasteiger partial charge in [0.05, 0.1) is 29.0 Å². The second-order valence-corrected chi connectivity index (χ2v) is 7.71. The molecule has 3 aromatic heterocycles. The molecule has 1 unspecified atom stereocenters. The van der Waals surface area contributed by atoms with Crippen LogP contribution < -0.4 is 5.32 Å². The summed E-state index contributed by atoms with van der Waals surface area (Å²) in [5.74, 6) is -0.823. The first kappa shape index (κ1) is 20.0. The minimum Gasteiger partial charge on any atom is -0.339 e. The summed E-state index contributed by atoms with van der Waals surface area (Å²) in [4.78, 5) is 22.1. The molecule has 0 saturated heterocycles. The van der Waals surface area contributed by atoms with Crippen molar-refractivity contribution in [2.75, 3.05) is 0 Å². The number of hydrogen-bond donors (Lipinski definition) is 1. The molecular formula is C23H16ClFN6O. The number of nitrogens with zero attached hydrogens (tertiary/aromatic N) is 5. The summed E-state index contributed by atoms with van der Waals surface area (Å²) < 4.78 is 15.8. The average molecular weight is 447 g/mol. The quantitative estimate of drug-likeness (QED) is 0.445. The SMILES string of the molecule is Cc1cccnc1C(NC(=O)c1ccc2ncc3nncn3c2c1)c1cc(F)ccc1Cl. The summed E-state index contributed by atoms with van der Waals surface area (Å²) in [6.45, 7) is 1.87. The van der Waals surface area contributed by atoms with E-state index in [9.17, 15) is 9.18 Å². The van der Waals surface area contributed by atoms with Crippen molar-refractivity contribution in [1.29, 1.82) is 0 Å². The minimum atomic E-state index is -0.744. The van der Waals surface area contributed by atoms with E-state index in [1.54, 1.807) is 47.4 Å². The van der Waals surface area contributed by atoms with E-state index >= 15 is 0 Å². The highest BCUT2D eigenvalue weighted by Gasteiger charge is 2.24. The largest absolute Gasteiger partial charge is 0.339 e. The first-order chi connectivity index (χ1) is 15.5. The van der Waals surface area contributed by atoms with Crippen LogP contribution in [-0.2, 0) is 0 Å². The van der Waals surface area contributed by atoms with Crippen molar-refractivity contribution in [1.82, 2.24) is 29.9 Å². The number of rotatable bonds is 4. The van der Waals surface area contributed by atoms with E-state index in [0.717, 1.165) is 5.56 Å². The fourth-order valence-electron chi connectivity index (χ4n) is 3.66. The monoisotopic (exact) mass is 446 g/mol. The molecular weight excluding hydrogens is 431 g/mol. The number of aromatic nitrogens is 5. The van der Waals surface area contributed by atoms with E-state index in [1.165, 1.54) is 18.2 Å². The molecule has 1 atom stereocenters. The lowest BCUT2D eigenvalue weighted by atomic mass is 9.99. The van der Waals surface area contributed by atoms with E-state index in [1.807, 2.05) is 13.0 Å². The number of nitrogens with one attached hydrogen (secondary N) is 1. The van der Waals surface area contributed by atoms with Gasteiger partial charge in [-0.05, 0) is 55.0 Å². The Morgan fingerprint density at radius 3 is 2.88 bits per heavy atom. The number of amides is 1. The van der Waals surface area contributed by atoms with Gasteiger partial charge in [0.1, 0.15) is 12.1 Å². The zero-order valence-corrected chi connectivity index (χ0v) is 17.6. The summed E-state index contributed by atoms with van der Waals surface area (Å²) in [6, 6.07) is 12.1. The fraction of sp³-hybridized carbons (Fsp3) is 0.0870. The lowest BCUT2D eigenvalue weighted by molar-refractivity contribution is 0.0942. The van der Waals surface area contributed by atoms with E-state index in [4.69, 9.17) is 11.6 Å². The summed E-state index contributed by atoms with van der Waals surface area (Å²) in [6.07, 6.45) is 4.80. The van der Waals surface area contributed by atoms with Crippen LogP contribution in [0.25, 0.3) is 16.7 Å². The standard InChI is InChI=1S/C23H16ClFN6O/c1-13-3-2-8-26-21(13)22(16-10-15(25)5-6-17(16)24)29-23(32)14-4-7-18-19(9-14)31-12-28-30-20(31)11-27-18/h2-12,22H,1H3,(H,29,32). The molecule has 0 bridgehead atoms. The van der Waals surface area contributed by atoms with Crippen LogP contribution in [0.2, 0.25) is 5.02 Å². The number of hydrogen-bond acceptors (Lipinski definition) is 5. The first-order valence-corrected chi connectivity index (χ1v) is 10.1. The third-order valence-corrected chi connectivity index (χ3v) is 5.60. The molecule has 0 aliphatic rings. The van der Waals surface area contributed by atoms with Gasteiger partial charge < -0.3 is 5.32 Å². The number of halogens is 2. The highest BCUT2D eigenvalue weighted by atomic mass is 35.5. The Hall–Kier alpha value is -3.91. The lowest BCUT2D eigenvalue weighted by Crippen LogP contribution is -2.30. The van der Waals surface area contributed by atoms with E-state index in [0.29, 0.717) is 38.5 Å². The van der Waals surface area contributed by atoms with Crippen LogP contribution >= 0.6 is 11.6 Å². The van der Waals surface area contributed by atoms with Crippen LogP contribution in [0.4, 0.5) is 4.39 Å². The molecule has 0 aliphatic heterocycles. The van der Waals surface area contributed by atoms with Crippen LogP contribution in [0, 0.1) is 12.7 Å². The summed E-state index contributed by atoms with van der Waals surface area (Å²) in [5.41, 5.74) is 4.19. The molecule has 0 radical (unpaired) electrons. The molecule has 5 aromatic rings. The van der Waals surface area contributed by atoms with Crippen LogP contribution in [0.15, 0.2) is 67.3 Å². The fourth-order valence-corrected chi connectivity index (χ4v) is 3.88. The molecule has 5 rings (SSSR count). The summed E-state index contributed by atoms with van der Waals surface area (Å²) >= 11 is 6.38. The van der Waals surface area contributed by atoms with Crippen LogP contribution in [0.5, 0.6) is 0 Å². The molecule has 2 aromatic carbocycles. The van der Waals surface area contributed by atoms with Gasteiger partial charge in [-0.25, -0.2) is 4.39 Å². The molecule has 1 N–H and O–H groups in total. The molecule has 9 heteroatoms. The molecule has 0 spiro atoms. The zero-order valence-electron chi connectivity index (χ0n) is 16.8. The van der Waals surface area contributed by atoms with E-state index < -0.39 is 11.9 Å². The molecule has 7 nitrogen and oxygen atoms in total. The van der Waals surface area contributed by atoms with Gasteiger partial charge in [0.25, 0.3) is 5.91 Å². The average Bonchev–Trinajstić information content (AvgIpc) is 3.29. The van der Waals surface area contributed by atoms with Crippen LogP contribution in [0.1, 0.15) is 33.2 Å². The second kappa shape index (κ2) is 7.97. The Labute approximate surface area is 186 Å². The third-order valence-electron chi connectivity index (χ3n) is 5.26. The number of benzene rings is 2. The number of carbonyl (C=O) groups is 1. The third kappa shape index (κ3) is 3.54. The van der Waals surface area contributed by atoms with Crippen molar-refractivity contribution in [3.8, 4) is 0 Å². The van der Waals surface area contributed by atoms with Gasteiger partial charge in [-0.2, -0.15) is 0 Å². The Balaban J connectivity index is 1.58. The minimum absolute atomic E-state index is 0.329. The summed E-state index contributed by atoms with van der Waals surface area (Å²) in [5, 5.41) is 11.2. The maximum absolute atomic E-state index is 14.1. The maximum atomic E-state index is 14.1. The normalized spacial score (nSPS) is 12.2. The molecule has 0 fully saturated rings. The van der Waals surface area contributed by atoms with Crippen LogP contribution in [0.3, 0.4) is 0 Å². The molecule has 1 amide bonds. The van der Waals surface area contributed by atoms with E-state index in [2.05, 4.69) is 25.5 Å². The Kier molecular flexibility index (Phi) is 4.99. The topological polar surface area (TPSA) is 85.1 Å². The predicted octanol–water partition coefficient (Wildman–Crippen LogP) is 4.29. The smallest absolute Gasteiger partial charge is 0.252 e. The van der Waals surface area contributed by atoms with Gasteiger partial charge >= 0.3 is 0 Å².